The lowest BCUT2D eigenvalue weighted by Crippen LogP contribution is -2.66. The van der Waals surface area contributed by atoms with Crippen molar-refractivity contribution in [2.75, 3.05) is 13.1 Å². The van der Waals surface area contributed by atoms with Crippen molar-refractivity contribution in [1.29, 1.82) is 0 Å². The van der Waals surface area contributed by atoms with Crippen LogP contribution in [0.4, 0.5) is 4.79 Å². The van der Waals surface area contributed by atoms with Gasteiger partial charge in [0.1, 0.15) is 12.1 Å². The van der Waals surface area contributed by atoms with Crippen LogP contribution in [-0.4, -0.2) is 53.4 Å². The standard InChI is InChI=1S/C23H32N4O4/c1-16(2)14-19(22(30)27(23(24)31)13-7-8-17(27)3)26-21(29)15-25-20(28)12-11-18-9-5-4-6-10-18/h4-6,9-12,16-17,19H,7-8,13-15H2,1-3H3,(H3-,24,25,26,28,29,31)/p+1/t17-,19+,27?/m1/s1. The first-order valence-electron chi connectivity index (χ1n) is 10.7. The highest BCUT2D eigenvalue weighted by Gasteiger charge is 2.53. The van der Waals surface area contributed by atoms with Crippen molar-refractivity contribution in [3.8, 4) is 0 Å². The van der Waals surface area contributed by atoms with E-state index in [0.717, 1.165) is 18.4 Å². The van der Waals surface area contributed by atoms with Crippen LogP contribution in [0.5, 0.6) is 0 Å². The molecule has 168 valence electrons. The Bertz CT molecular complexity index is 837. The lowest BCUT2D eigenvalue weighted by molar-refractivity contribution is -0.784. The van der Waals surface area contributed by atoms with Crippen LogP contribution in [0.15, 0.2) is 36.4 Å². The molecule has 2 rings (SSSR count). The molecule has 1 aromatic rings. The second-order valence-electron chi connectivity index (χ2n) is 8.47. The summed E-state index contributed by atoms with van der Waals surface area (Å²) >= 11 is 0. The number of benzene rings is 1. The number of likely N-dealkylation sites (tertiary alicyclic amines) is 1. The quantitative estimate of drug-likeness (QED) is 0.432. The predicted molar refractivity (Wildman–Crippen MR) is 118 cm³/mol. The molecule has 1 heterocycles. The molecule has 8 heteroatoms. The Morgan fingerprint density at radius 2 is 1.87 bits per heavy atom. The van der Waals surface area contributed by atoms with Crippen LogP contribution in [-0.2, 0) is 14.4 Å². The van der Waals surface area contributed by atoms with Gasteiger partial charge in [-0.2, -0.15) is 4.48 Å². The van der Waals surface area contributed by atoms with Crippen LogP contribution >= 0.6 is 0 Å². The van der Waals surface area contributed by atoms with Crippen molar-refractivity contribution < 1.29 is 23.7 Å². The first-order valence-corrected chi connectivity index (χ1v) is 10.7. The van der Waals surface area contributed by atoms with Gasteiger partial charge in [-0.3, -0.25) is 9.59 Å². The first-order chi connectivity index (χ1) is 14.7. The number of primary amides is 1. The Labute approximate surface area is 183 Å². The Morgan fingerprint density at radius 3 is 2.42 bits per heavy atom. The molecule has 0 saturated carbocycles. The van der Waals surface area contributed by atoms with Crippen LogP contribution in [0.1, 0.15) is 45.6 Å². The van der Waals surface area contributed by atoms with Gasteiger partial charge in [-0.15, -0.1) is 0 Å². The molecular weight excluding hydrogens is 396 g/mol. The predicted octanol–water partition coefficient (Wildman–Crippen LogP) is 1.95. The number of hydrogen-bond donors (Lipinski definition) is 3. The summed E-state index contributed by atoms with van der Waals surface area (Å²) in [5, 5.41) is 5.22. The summed E-state index contributed by atoms with van der Waals surface area (Å²) in [4.78, 5) is 50.1. The summed E-state index contributed by atoms with van der Waals surface area (Å²) in [7, 11) is 0. The molecule has 0 bridgehead atoms. The number of nitrogens with two attached hydrogens (primary N) is 1. The van der Waals surface area contributed by atoms with Gasteiger partial charge in [0, 0.05) is 18.9 Å². The molecule has 1 fully saturated rings. The molecule has 31 heavy (non-hydrogen) atoms. The number of rotatable bonds is 8. The minimum Gasteiger partial charge on any atom is -0.343 e. The minimum absolute atomic E-state index is 0.114. The highest BCUT2D eigenvalue weighted by atomic mass is 16.2. The zero-order chi connectivity index (χ0) is 23.0. The fourth-order valence-corrected chi connectivity index (χ4v) is 4.02. The van der Waals surface area contributed by atoms with E-state index in [1.54, 1.807) is 6.08 Å². The van der Waals surface area contributed by atoms with Gasteiger partial charge in [-0.25, -0.2) is 9.59 Å². The normalized spacial score (nSPS) is 21.7. The van der Waals surface area contributed by atoms with Crippen molar-refractivity contribution in [1.82, 2.24) is 10.6 Å². The van der Waals surface area contributed by atoms with Crippen molar-refractivity contribution in [2.45, 2.75) is 52.1 Å². The zero-order valence-electron chi connectivity index (χ0n) is 18.5. The summed E-state index contributed by atoms with van der Waals surface area (Å²) in [5.41, 5.74) is 6.50. The van der Waals surface area contributed by atoms with Crippen LogP contribution in [0, 0.1) is 5.92 Å². The molecule has 0 radical (unpaired) electrons. The molecule has 1 aliphatic rings. The molecule has 0 aromatic heterocycles. The van der Waals surface area contributed by atoms with Crippen LogP contribution in [0.3, 0.4) is 0 Å². The average Bonchev–Trinajstić information content (AvgIpc) is 3.12. The third-order valence-electron chi connectivity index (χ3n) is 5.66. The van der Waals surface area contributed by atoms with Gasteiger partial charge in [0.05, 0.1) is 13.1 Å². The first kappa shape index (κ1) is 24.3. The van der Waals surface area contributed by atoms with Gasteiger partial charge in [-0.1, -0.05) is 44.2 Å². The van der Waals surface area contributed by atoms with Crippen LogP contribution in [0.25, 0.3) is 6.08 Å². The molecule has 3 atom stereocenters. The van der Waals surface area contributed by atoms with E-state index in [1.165, 1.54) is 6.08 Å². The van der Waals surface area contributed by atoms with Crippen molar-refractivity contribution in [3.05, 3.63) is 42.0 Å². The molecule has 0 spiro atoms. The van der Waals surface area contributed by atoms with E-state index >= 15 is 0 Å². The number of quaternary nitrogens is 1. The minimum atomic E-state index is -0.850. The number of imide groups is 1. The third-order valence-corrected chi connectivity index (χ3v) is 5.66. The lowest BCUT2D eigenvalue weighted by Gasteiger charge is -2.34. The molecule has 1 aliphatic heterocycles. The highest BCUT2D eigenvalue weighted by Crippen LogP contribution is 2.29. The summed E-state index contributed by atoms with van der Waals surface area (Å²) in [5.74, 6) is -1.17. The Balaban J connectivity index is 2.01. The molecule has 8 nitrogen and oxygen atoms in total. The van der Waals surface area contributed by atoms with E-state index in [2.05, 4.69) is 10.6 Å². The summed E-state index contributed by atoms with van der Waals surface area (Å²) < 4.78 is -0.441. The summed E-state index contributed by atoms with van der Waals surface area (Å²) in [6.45, 7) is 5.78. The van der Waals surface area contributed by atoms with Gasteiger partial charge >= 0.3 is 11.9 Å². The number of nitrogens with one attached hydrogen (secondary N) is 2. The number of urea groups is 1. The third kappa shape index (κ3) is 6.24. The number of carbonyl (C=O) groups excluding carboxylic acids is 4. The molecule has 1 saturated heterocycles. The number of carbonyl (C=O) groups is 4. The molecule has 1 aromatic carbocycles. The Morgan fingerprint density at radius 1 is 1.19 bits per heavy atom. The molecule has 5 amide bonds. The van der Waals surface area contributed by atoms with E-state index in [0.29, 0.717) is 13.0 Å². The Kier molecular flexibility index (Phi) is 8.50. The Hall–Kier alpha value is -3.00. The summed E-state index contributed by atoms with van der Waals surface area (Å²) in [6, 6.07) is 7.56. The largest absolute Gasteiger partial charge is 0.421 e. The maximum Gasteiger partial charge on any atom is 0.421 e. The maximum atomic E-state index is 13.3. The van der Waals surface area contributed by atoms with Gasteiger partial charge in [-0.05, 0) is 30.9 Å². The van der Waals surface area contributed by atoms with Crippen molar-refractivity contribution >= 4 is 29.8 Å². The van der Waals surface area contributed by atoms with Crippen molar-refractivity contribution in [2.24, 2.45) is 11.7 Å². The highest BCUT2D eigenvalue weighted by molar-refractivity contribution is 5.95. The van der Waals surface area contributed by atoms with E-state index in [-0.39, 0.29) is 24.4 Å². The second-order valence-corrected chi connectivity index (χ2v) is 8.47. The lowest BCUT2D eigenvalue weighted by atomic mass is 10.0. The summed E-state index contributed by atoms with van der Waals surface area (Å²) in [6.07, 6.45) is 4.82. The monoisotopic (exact) mass is 429 g/mol. The van der Waals surface area contributed by atoms with Gasteiger partial charge < -0.3 is 16.4 Å². The van der Waals surface area contributed by atoms with Crippen LogP contribution < -0.4 is 16.4 Å². The van der Waals surface area contributed by atoms with Crippen LogP contribution in [0.2, 0.25) is 0 Å². The smallest absolute Gasteiger partial charge is 0.343 e. The SMILES string of the molecule is CC(C)C[C@H](NC(=O)CNC(=O)C=Cc1ccccc1)C(=O)[N+]1(C(N)=O)CCC[C@H]1C. The molecule has 1 unspecified atom stereocenters. The van der Waals surface area contributed by atoms with E-state index in [4.69, 9.17) is 5.73 Å². The number of nitrogens with zero attached hydrogens (tertiary/aromatic N) is 1. The average molecular weight is 430 g/mol. The molecule has 4 N–H and O–H groups in total. The van der Waals surface area contributed by atoms with E-state index in [9.17, 15) is 19.2 Å². The number of hydrogen-bond acceptors (Lipinski definition) is 4. The topological polar surface area (TPSA) is 118 Å². The second kappa shape index (κ2) is 10.9. The fraction of sp³-hybridized carbons (Fsp3) is 0.478. The van der Waals surface area contributed by atoms with Gasteiger partial charge in [0.25, 0.3) is 0 Å². The van der Waals surface area contributed by atoms with E-state index in [1.807, 2.05) is 51.1 Å². The molecule has 0 aliphatic carbocycles. The van der Waals surface area contributed by atoms with Gasteiger partial charge in [0.15, 0.2) is 0 Å². The van der Waals surface area contributed by atoms with Crippen molar-refractivity contribution in [3.63, 3.8) is 0 Å². The molecular formula is C23H33N4O4+. The fourth-order valence-electron chi connectivity index (χ4n) is 4.02. The zero-order valence-corrected chi connectivity index (χ0v) is 18.5. The maximum absolute atomic E-state index is 13.3. The number of amides is 5. The van der Waals surface area contributed by atoms with E-state index < -0.39 is 28.4 Å². The van der Waals surface area contributed by atoms with Gasteiger partial charge in [0.2, 0.25) is 11.8 Å².